The van der Waals surface area contributed by atoms with Gasteiger partial charge in [-0.15, -0.1) is 0 Å². The van der Waals surface area contributed by atoms with Gasteiger partial charge in [-0.3, -0.25) is 4.68 Å². The molecule has 0 aliphatic carbocycles. The van der Waals surface area contributed by atoms with Crippen molar-refractivity contribution < 1.29 is 9.47 Å². The molecular formula is C14H16BrN3O2. The summed E-state index contributed by atoms with van der Waals surface area (Å²) in [6, 6.07) is 4.06. The summed E-state index contributed by atoms with van der Waals surface area (Å²) in [5.41, 5.74) is 3.43. The number of ether oxygens (including phenoxy) is 2. The average Bonchev–Trinajstić information content (AvgIpc) is 2.97. The third kappa shape index (κ3) is 2.66. The van der Waals surface area contributed by atoms with Gasteiger partial charge in [0.2, 0.25) is 6.79 Å². The zero-order valence-electron chi connectivity index (χ0n) is 11.4. The van der Waals surface area contributed by atoms with Crippen molar-refractivity contribution >= 4 is 15.9 Å². The Labute approximate surface area is 126 Å². The summed E-state index contributed by atoms with van der Waals surface area (Å²) in [6.45, 7) is 3.88. The van der Waals surface area contributed by atoms with Crippen molar-refractivity contribution in [3.05, 3.63) is 39.6 Å². The third-order valence-corrected chi connectivity index (χ3v) is 3.84. The molecule has 6 heteroatoms. The molecule has 20 heavy (non-hydrogen) atoms. The van der Waals surface area contributed by atoms with Crippen molar-refractivity contribution in [3.8, 4) is 11.5 Å². The quantitative estimate of drug-likeness (QED) is 0.931. The molecule has 1 aliphatic heterocycles. The first-order valence-electron chi connectivity index (χ1n) is 6.41. The molecule has 0 amide bonds. The standard InChI is InChI=1S/C14H16BrN3O2/c1-9-11(7-18(2)17-9)6-16-5-10-3-12(15)14-13(4-10)19-8-20-14/h3-4,7,16H,5-6,8H2,1-2H3. The molecule has 1 aliphatic rings. The van der Waals surface area contributed by atoms with E-state index in [0.717, 1.165) is 40.3 Å². The Kier molecular flexibility index (Phi) is 3.67. The highest BCUT2D eigenvalue weighted by Gasteiger charge is 2.17. The number of aryl methyl sites for hydroxylation is 2. The molecule has 0 radical (unpaired) electrons. The largest absolute Gasteiger partial charge is 0.454 e. The summed E-state index contributed by atoms with van der Waals surface area (Å²) >= 11 is 3.50. The van der Waals surface area contributed by atoms with Gasteiger partial charge in [0.15, 0.2) is 11.5 Å². The Morgan fingerprint density at radius 1 is 1.35 bits per heavy atom. The Morgan fingerprint density at radius 3 is 2.95 bits per heavy atom. The van der Waals surface area contributed by atoms with E-state index in [2.05, 4.69) is 32.4 Å². The normalized spacial score (nSPS) is 12.9. The monoisotopic (exact) mass is 337 g/mol. The first-order valence-corrected chi connectivity index (χ1v) is 7.20. The molecule has 0 saturated heterocycles. The lowest BCUT2D eigenvalue weighted by molar-refractivity contribution is 0.173. The van der Waals surface area contributed by atoms with Crippen LogP contribution < -0.4 is 14.8 Å². The Bertz CT molecular complexity index is 640. The van der Waals surface area contributed by atoms with Crippen LogP contribution in [0.2, 0.25) is 0 Å². The zero-order valence-corrected chi connectivity index (χ0v) is 13.0. The van der Waals surface area contributed by atoms with Gasteiger partial charge in [-0.2, -0.15) is 5.10 Å². The van der Waals surface area contributed by atoms with Crippen molar-refractivity contribution in [2.75, 3.05) is 6.79 Å². The second-order valence-electron chi connectivity index (χ2n) is 4.83. The Morgan fingerprint density at radius 2 is 2.20 bits per heavy atom. The highest BCUT2D eigenvalue weighted by atomic mass is 79.9. The number of hydrogen-bond donors (Lipinski definition) is 1. The maximum absolute atomic E-state index is 5.41. The highest BCUT2D eigenvalue weighted by molar-refractivity contribution is 9.10. The van der Waals surface area contributed by atoms with E-state index in [-0.39, 0.29) is 0 Å². The van der Waals surface area contributed by atoms with E-state index in [4.69, 9.17) is 9.47 Å². The van der Waals surface area contributed by atoms with E-state index < -0.39 is 0 Å². The molecule has 1 aromatic carbocycles. The lowest BCUT2D eigenvalue weighted by atomic mass is 10.2. The first kappa shape index (κ1) is 13.5. The summed E-state index contributed by atoms with van der Waals surface area (Å²) in [5.74, 6) is 1.59. The van der Waals surface area contributed by atoms with E-state index >= 15 is 0 Å². The van der Waals surface area contributed by atoms with Gasteiger partial charge >= 0.3 is 0 Å². The number of nitrogens with zero attached hydrogens (tertiary/aromatic N) is 2. The fraction of sp³-hybridized carbons (Fsp3) is 0.357. The van der Waals surface area contributed by atoms with Gasteiger partial charge in [0, 0.05) is 31.9 Å². The van der Waals surface area contributed by atoms with Gasteiger partial charge in [-0.25, -0.2) is 0 Å². The molecule has 2 aromatic rings. The fourth-order valence-corrected chi connectivity index (χ4v) is 2.89. The summed E-state index contributed by atoms with van der Waals surface area (Å²) in [5, 5.41) is 7.75. The van der Waals surface area contributed by atoms with Crippen LogP contribution in [-0.2, 0) is 20.1 Å². The molecule has 106 valence electrons. The number of nitrogens with one attached hydrogen (secondary N) is 1. The van der Waals surface area contributed by atoms with Crippen LogP contribution >= 0.6 is 15.9 Å². The maximum Gasteiger partial charge on any atom is 0.231 e. The molecule has 5 nitrogen and oxygen atoms in total. The molecule has 3 rings (SSSR count). The lowest BCUT2D eigenvalue weighted by Gasteiger charge is -2.07. The molecule has 0 spiro atoms. The second kappa shape index (κ2) is 5.46. The molecule has 0 bridgehead atoms. The number of fused-ring (bicyclic) bond motifs is 1. The van der Waals surface area contributed by atoms with Gasteiger partial charge in [0.05, 0.1) is 10.2 Å². The molecule has 1 aromatic heterocycles. The van der Waals surface area contributed by atoms with E-state index in [1.165, 1.54) is 5.56 Å². The predicted molar refractivity (Wildman–Crippen MR) is 78.8 cm³/mol. The molecule has 0 saturated carbocycles. The van der Waals surface area contributed by atoms with Crippen LogP contribution in [0.15, 0.2) is 22.8 Å². The second-order valence-corrected chi connectivity index (χ2v) is 5.68. The molecule has 1 N–H and O–H groups in total. The number of rotatable bonds is 4. The number of aromatic nitrogens is 2. The summed E-state index contributed by atoms with van der Waals surface area (Å²) in [4.78, 5) is 0. The zero-order chi connectivity index (χ0) is 14.1. The lowest BCUT2D eigenvalue weighted by Crippen LogP contribution is -2.13. The average molecular weight is 338 g/mol. The van der Waals surface area contributed by atoms with Gasteiger partial charge in [0.1, 0.15) is 0 Å². The fourth-order valence-electron chi connectivity index (χ4n) is 2.29. The van der Waals surface area contributed by atoms with E-state index in [1.54, 1.807) is 0 Å². The van der Waals surface area contributed by atoms with E-state index in [0.29, 0.717) is 6.79 Å². The van der Waals surface area contributed by atoms with Crippen LogP contribution in [0.25, 0.3) is 0 Å². The van der Waals surface area contributed by atoms with Crippen molar-refractivity contribution in [2.45, 2.75) is 20.0 Å². The van der Waals surface area contributed by atoms with Gasteiger partial charge in [-0.1, -0.05) is 0 Å². The van der Waals surface area contributed by atoms with Crippen molar-refractivity contribution in [2.24, 2.45) is 7.05 Å². The van der Waals surface area contributed by atoms with Crippen LogP contribution in [0.3, 0.4) is 0 Å². The predicted octanol–water partition coefficient (Wildman–Crippen LogP) is 2.51. The smallest absolute Gasteiger partial charge is 0.231 e. The van der Waals surface area contributed by atoms with Crippen LogP contribution in [-0.4, -0.2) is 16.6 Å². The van der Waals surface area contributed by atoms with Crippen molar-refractivity contribution in [3.63, 3.8) is 0 Å². The topological polar surface area (TPSA) is 48.3 Å². The molecule has 0 fully saturated rings. The van der Waals surface area contributed by atoms with Gasteiger partial charge in [-0.05, 0) is 40.5 Å². The highest BCUT2D eigenvalue weighted by Crippen LogP contribution is 2.39. The summed E-state index contributed by atoms with van der Waals surface area (Å²) in [7, 11) is 1.94. The maximum atomic E-state index is 5.41. The number of halogens is 1. The van der Waals surface area contributed by atoms with Crippen LogP contribution in [0.4, 0.5) is 0 Å². The van der Waals surface area contributed by atoms with Crippen LogP contribution in [0, 0.1) is 6.92 Å². The summed E-state index contributed by atoms with van der Waals surface area (Å²) in [6.07, 6.45) is 2.04. The van der Waals surface area contributed by atoms with E-state index in [1.807, 2.05) is 30.9 Å². The molecule has 2 heterocycles. The first-order chi connectivity index (χ1) is 9.63. The van der Waals surface area contributed by atoms with Crippen molar-refractivity contribution in [1.82, 2.24) is 15.1 Å². The van der Waals surface area contributed by atoms with Crippen LogP contribution in [0.1, 0.15) is 16.8 Å². The molecule has 0 atom stereocenters. The minimum absolute atomic E-state index is 0.291. The summed E-state index contributed by atoms with van der Waals surface area (Å²) < 4.78 is 13.6. The van der Waals surface area contributed by atoms with Gasteiger partial charge in [0.25, 0.3) is 0 Å². The third-order valence-electron chi connectivity index (χ3n) is 3.25. The molecular weight excluding hydrogens is 322 g/mol. The Balaban J connectivity index is 1.64. The van der Waals surface area contributed by atoms with Crippen molar-refractivity contribution in [1.29, 1.82) is 0 Å². The number of benzene rings is 1. The van der Waals surface area contributed by atoms with Gasteiger partial charge < -0.3 is 14.8 Å². The minimum atomic E-state index is 0.291. The van der Waals surface area contributed by atoms with Crippen LogP contribution in [0.5, 0.6) is 11.5 Å². The molecule has 0 unspecified atom stereocenters. The number of hydrogen-bond acceptors (Lipinski definition) is 4. The van der Waals surface area contributed by atoms with E-state index in [9.17, 15) is 0 Å². The SMILES string of the molecule is Cc1nn(C)cc1CNCc1cc(Br)c2c(c1)OCO2. The Hall–Kier alpha value is -1.53. The minimum Gasteiger partial charge on any atom is -0.454 e.